The van der Waals surface area contributed by atoms with E-state index in [4.69, 9.17) is 0 Å². The van der Waals surface area contributed by atoms with Crippen LogP contribution in [0.15, 0.2) is 40.4 Å². The van der Waals surface area contributed by atoms with Crippen molar-refractivity contribution in [2.45, 2.75) is 78.9 Å². The summed E-state index contributed by atoms with van der Waals surface area (Å²) in [4.78, 5) is 40.2. The van der Waals surface area contributed by atoms with Gasteiger partial charge in [0.1, 0.15) is 6.04 Å². The highest BCUT2D eigenvalue weighted by molar-refractivity contribution is 9.10. The molecule has 35 heavy (non-hydrogen) atoms. The van der Waals surface area contributed by atoms with Crippen molar-refractivity contribution in [3.05, 3.63) is 46.0 Å². The highest BCUT2D eigenvalue weighted by Crippen LogP contribution is 2.30. The molecular weight excluding hydrogens is 510 g/mol. The van der Waals surface area contributed by atoms with Gasteiger partial charge in [-0.25, -0.2) is 4.79 Å². The number of carbonyl (C=O) groups is 3. The molecule has 0 aliphatic carbocycles. The summed E-state index contributed by atoms with van der Waals surface area (Å²) >= 11 is 3.50. The Hall–Kier alpha value is -2.19. The fourth-order valence-electron chi connectivity index (χ4n) is 4.18. The third kappa shape index (κ3) is 7.90. The van der Waals surface area contributed by atoms with E-state index in [-0.39, 0.29) is 23.3 Å². The SMILES string of the molecule is CN[C@@H](C(=O)NC(C(=O)N(C)[C@H](/C=C(\C)C(=O)O)C(C)C)C(C)(C)C)C(C)(C)c1cccc(Br)c1. The minimum atomic E-state index is -1.02. The normalized spacial score (nSPS) is 15.4. The van der Waals surface area contributed by atoms with Crippen LogP contribution in [0.3, 0.4) is 0 Å². The standard InChI is InChI=1S/C27H42BrN3O4/c1-16(2)20(14-17(3)25(34)35)31(10)24(33)22(26(4,5)6)30-23(32)21(29-9)27(7,8)18-12-11-13-19(28)15-18/h11-16,20-22,29H,1-10H3,(H,30,32)(H,34,35)/b17-14+/t20-,21+,22?/m1/s1. The van der Waals surface area contributed by atoms with E-state index in [0.717, 1.165) is 10.0 Å². The molecule has 3 N–H and O–H groups in total. The van der Waals surface area contributed by atoms with Gasteiger partial charge in [-0.05, 0) is 43.0 Å². The highest BCUT2D eigenvalue weighted by Gasteiger charge is 2.41. The number of carboxylic acid groups (broad SMARTS) is 1. The molecule has 0 aromatic heterocycles. The molecule has 0 saturated carbocycles. The number of nitrogens with zero attached hydrogens (tertiary/aromatic N) is 1. The van der Waals surface area contributed by atoms with Crippen molar-refractivity contribution in [3.8, 4) is 0 Å². The largest absolute Gasteiger partial charge is 0.478 e. The lowest BCUT2D eigenvalue weighted by molar-refractivity contribution is -0.141. The van der Waals surface area contributed by atoms with E-state index in [9.17, 15) is 19.5 Å². The molecule has 0 fully saturated rings. The van der Waals surface area contributed by atoms with E-state index in [1.807, 2.05) is 72.7 Å². The van der Waals surface area contributed by atoms with Crippen LogP contribution in [0.2, 0.25) is 0 Å². The lowest BCUT2D eigenvalue weighted by Crippen LogP contribution is -2.61. The first kappa shape index (κ1) is 30.8. The number of aliphatic carboxylic acids is 1. The minimum Gasteiger partial charge on any atom is -0.478 e. The predicted octanol–water partition coefficient (Wildman–Crippen LogP) is 4.36. The van der Waals surface area contributed by atoms with E-state index in [2.05, 4.69) is 26.6 Å². The third-order valence-corrected chi connectivity index (χ3v) is 6.97. The quantitative estimate of drug-likeness (QED) is 0.375. The topological polar surface area (TPSA) is 98.7 Å². The number of hydrogen-bond donors (Lipinski definition) is 3. The zero-order valence-electron chi connectivity index (χ0n) is 22.7. The lowest BCUT2D eigenvalue weighted by atomic mass is 9.76. The molecule has 8 heteroatoms. The molecule has 0 spiro atoms. The summed E-state index contributed by atoms with van der Waals surface area (Å²) < 4.78 is 0.923. The summed E-state index contributed by atoms with van der Waals surface area (Å²) in [6.45, 7) is 15.1. The van der Waals surface area contributed by atoms with Crippen molar-refractivity contribution in [2.75, 3.05) is 14.1 Å². The average molecular weight is 553 g/mol. The van der Waals surface area contributed by atoms with Crippen molar-refractivity contribution < 1.29 is 19.5 Å². The molecule has 0 aliphatic rings. The molecule has 1 aromatic carbocycles. The predicted molar refractivity (Wildman–Crippen MR) is 144 cm³/mol. The van der Waals surface area contributed by atoms with Crippen molar-refractivity contribution in [1.82, 2.24) is 15.5 Å². The van der Waals surface area contributed by atoms with E-state index >= 15 is 0 Å². The minimum absolute atomic E-state index is 0.0184. The second-order valence-corrected chi connectivity index (χ2v) is 12.0. The van der Waals surface area contributed by atoms with Crippen LogP contribution in [0.4, 0.5) is 0 Å². The Bertz CT molecular complexity index is 950. The van der Waals surface area contributed by atoms with E-state index < -0.39 is 34.9 Å². The molecule has 0 aliphatic heterocycles. The first-order valence-electron chi connectivity index (χ1n) is 11.9. The van der Waals surface area contributed by atoms with Gasteiger partial charge in [-0.1, -0.05) is 82.6 Å². The molecule has 2 amide bonds. The van der Waals surface area contributed by atoms with E-state index in [0.29, 0.717) is 0 Å². The van der Waals surface area contributed by atoms with Crippen LogP contribution in [0.1, 0.15) is 61.0 Å². The number of rotatable bonds is 10. The van der Waals surface area contributed by atoms with E-state index in [1.165, 1.54) is 6.92 Å². The van der Waals surface area contributed by atoms with Crippen LogP contribution < -0.4 is 10.6 Å². The van der Waals surface area contributed by atoms with Gasteiger partial charge in [-0.15, -0.1) is 0 Å². The number of hydrogen-bond acceptors (Lipinski definition) is 4. The first-order valence-corrected chi connectivity index (χ1v) is 12.7. The molecule has 0 radical (unpaired) electrons. The van der Waals surface area contributed by atoms with Gasteiger partial charge in [-0.3, -0.25) is 9.59 Å². The van der Waals surface area contributed by atoms with E-state index in [1.54, 1.807) is 25.1 Å². The maximum Gasteiger partial charge on any atom is 0.331 e. The van der Waals surface area contributed by atoms with Gasteiger partial charge >= 0.3 is 5.97 Å². The van der Waals surface area contributed by atoms with Crippen molar-refractivity contribution >= 4 is 33.7 Å². The molecule has 1 rings (SSSR count). The van der Waals surface area contributed by atoms with Crippen LogP contribution >= 0.6 is 15.9 Å². The Balaban J connectivity index is 3.32. The molecular formula is C27H42BrN3O4. The van der Waals surface area contributed by atoms with Crippen LogP contribution in [0.5, 0.6) is 0 Å². The van der Waals surface area contributed by atoms with Gasteiger partial charge in [-0.2, -0.15) is 0 Å². The van der Waals surface area contributed by atoms with Gasteiger partial charge in [0.15, 0.2) is 0 Å². The molecule has 0 bridgehead atoms. The molecule has 1 unspecified atom stereocenters. The van der Waals surface area contributed by atoms with Gasteiger partial charge in [0.25, 0.3) is 0 Å². The van der Waals surface area contributed by atoms with Crippen LogP contribution in [-0.2, 0) is 19.8 Å². The third-order valence-electron chi connectivity index (χ3n) is 6.48. The molecule has 0 heterocycles. The summed E-state index contributed by atoms with van der Waals surface area (Å²) in [5.74, 6) is -1.59. The molecule has 196 valence electrons. The zero-order valence-corrected chi connectivity index (χ0v) is 24.3. The fraction of sp³-hybridized carbons (Fsp3) is 0.593. The number of amides is 2. The Labute approximate surface area is 218 Å². The van der Waals surface area contributed by atoms with Gasteiger partial charge in [0.2, 0.25) is 11.8 Å². The second kappa shape index (κ2) is 12.2. The van der Waals surface area contributed by atoms with Crippen LogP contribution in [0, 0.1) is 11.3 Å². The number of benzene rings is 1. The van der Waals surface area contributed by atoms with Crippen molar-refractivity contribution in [3.63, 3.8) is 0 Å². The second-order valence-electron chi connectivity index (χ2n) is 11.1. The maximum atomic E-state index is 13.7. The Morgan fingerprint density at radius 1 is 1.09 bits per heavy atom. The van der Waals surface area contributed by atoms with Gasteiger partial charge < -0.3 is 20.6 Å². The summed E-state index contributed by atoms with van der Waals surface area (Å²) in [6, 6.07) is 5.99. The Kier molecular flexibility index (Phi) is 10.7. The molecule has 3 atom stereocenters. The maximum absolute atomic E-state index is 13.7. The Morgan fingerprint density at radius 3 is 2.09 bits per heavy atom. The zero-order chi connectivity index (χ0) is 27.3. The summed E-state index contributed by atoms with van der Waals surface area (Å²) in [5.41, 5.74) is 0.00526. The number of carbonyl (C=O) groups excluding carboxylic acids is 2. The summed E-state index contributed by atoms with van der Waals surface area (Å²) in [5, 5.41) is 15.5. The Morgan fingerprint density at radius 2 is 1.66 bits per heavy atom. The fourth-order valence-corrected chi connectivity index (χ4v) is 4.58. The monoisotopic (exact) mass is 551 g/mol. The number of nitrogens with one attached hydrogen (secondary N) is 2. The lowest BCUT2D eigenvalue weighted by Gasteiger charge is -2.40. The van der Waals surface area contributed by atoms with Crippen LogP contribution in [-0.4, -0.2) is 60.0 Å². The van der Waals surface area contributed by atoms with Gasteiger partial charge in [0.05, 0.1) is 12.1 Å². The molecule has 1 aromatic rings. The number of carboxylic acids is 1. The van der Waals surface area contributed by atoms with Crippen molar-refractivity contribution in [1.29, 1.82) is 0 Å². The highest BCUT2D eigenvalue weighted by atomic mass is 79.9. The summed E-state index contributed by atoms with van der Waals surface area (Å²) in [6.07, 6.45) is 1.60. The number of likely N-dealkylation sites (N-methyl/N-ethyl adjacent to an activating group) is 2. The van der Waals surface area contributed by atoms with Crippen molar-refractivity contribution in [2.24, 2.45) is 11.3 Å². The van der Waals surface area contributed by atoms with Gasteiger partial charge in [0, 0.05) is 22.5 Å². The summed E-state index contributed by atoms with van der Waals surface area (Å²) in [7, 11) is 3.39. The molecule has 0 saturated heterocycles. The number of halogens is 1. The molecule has 7 nitrogen and oxygen atoms in total. The van der Waals surface area contributed by atoms with Crippen LogP contribution in [0.25, 0.3) is 0 Å². The average Bonchev–Trinajstić information content (AvgIpc) is 2.73. The smallest absolute Gasteiger partial charge is 0.331 e. The first-order chi connectivity index (χ1) is 15.9.